The molecular weight excluding hydrogens is 370 g/mol. The highest BCUT2D eigenvalue weighted by atomic mass is 16.5. The number of likely N-dealkylation sites (tertiary alicyclic amines) is 1. The third-order valence-corrected chi connectivity index (χ3v) is 5.40. The van der Waals surface area contributed by atoms with Gasteiger partial charge in [0.15, 0.2) is 18.0 Å². The van der Waals surface area contributed by atoms with Crippen LogP contribution in [0.1, 0.15) is 41.2 Å². The predicted octanol–water partition coefficient (Wildman–Crippen LogP) is 1.03. The van der Waals surface area contributed by atoms with Crippen LogP contribution in [-0.4, -0.2) is 38.1 Å². The van der Waals surface area contributed by atoms with Crippen LogP contribution in [0.15, 0.2) is 48.5 Å². The molecule has 0 radical (unpaired) electrons. The van der Waals surface area contributed by atoms with Crippen LogP contribution in [-0.2, 0) is 4.79 Å². The van der Waals surface area contributed by atoms with Gasteiger partial charge in [-0.05, 0) is 30.3 Å². The van der Waals surface area contributed by atoms with E-state index in [1.165, 1.54) is 4.90 Å². The Bertz CT molecular complexity index is 872. The Balaban J connectivity index is 1.35. The molecule has 1 fully saturated rings. The fourth-order valence-electron chi connectivity index (χ4n) is 3.96. The minimum absolute atomic E-state index is 0.203. The minimum atomic E-state index is -0.324. The Kier molecular flexibility index (Phi) is 5.95. The quantitative estimate of drug-likeness (QED) is 0.675. The number of hydrazine groups is 1. The lowest BCUT2D eigenvalue weighted by Gasteiger charge is -2.22. The molecule has 3 N–H and O–H groups in total. The number of quaternary nitrogens is 1. The largest absolute Gasteiger partial charge is 0.490 e. The maximum absolute atomic E-state index is 12.4. The molecule has 0 saturated carbocycles. The third-order valence-electron chi connectivity index (χ3n) is 5.40. The van der Waals surface area contributed by atoms with Gasteiger partial charge >= 0.3 is 0 Å². The number of carbonyl (C=O) groups is 2. The van der Waals surface area contributed by atoms with Gasteiger partial charge in [-0.15, -0.1) is 0 Å². The third kappa shape index (κ3) is 4.68. The van der Waals surface area contributed by atoms with Crippen molar-refractivity contribution in [2.24, 2.45) is 0 Å². The zero-order chi connectivity index (χ0) is 20.1. The topological polar surface area (TPSA) is 81.1 Å². The number of hydrogen-bond acceptors (Lipinski definition) is 4. The number of nitrogens with one attached hydrogen (secondary N) is 3. The number of fused-ring (bicyclic) bond motifs is 1. The lowest BCUT2D eigenvalue weighted by Crippen LogP contribution is -3.11. The normalized spacial score (nSPS) is 20.6. The molecule has 152 valence electrons. The summed E-state index contributed by atoms with van der Waals surface area (Å²) in [4.78, 5) is 25.7. The molecule has 2 aromatic rings. The van der Waals surface area contributed by atoms with E-state index in [2.05, 4.69) is 16.9 Å². The van der Waals surface area contributed by atoms with Crippen molar-refractivity contribution in [3.8, 4) is 11.5 Å². The van der Waals surface area contributed by atoms with Crippen LogP contribution < -0.4 is 25.2 Å². The van der Waals surface area contributed by atoms with Crippen molar-refractivity contribution in [2.45, 2.75) is 25.3 Å². The molecule has 1 saturated heterocycles. The molecule has 7 nitrogen and oxygen atoms in total. The maximum atomic E-state index is 12.4. The first-order chi connectivity index (χ1) is 14.2. The summed E-state index contributed by atoms with van der Waals surface area (Å²) < 4.78 is 11.5. The molecule has 2 aromatic carbocycles. The van der Waals surface area contributed by atoms with Gasteiger partial charge in [0.05, 0.1) is 19.8 Å². The molecule has 2 atom stereocenters. The average Bonchev–Trinajstić information content (AvgIpc) is 3.07. The van der Waals surface area contributed by atoms with E-state index in [4.69, 9.17) is 9.47 Å². The van der Waals surface area contributed by atoms with Gasteiger partial charge in [0.25, 0.3) is 11.8 Å². The monoisotopic (exact) mass is 396 g/mol. The first-order valence-corrected chi connectivity index (χ1v) is 10.1. The summed E-state index contributed by atoms with van der Waals surface area (Å²) in [5.41, 5.74) is 6.68. The SMILES string of the molecule is O=C(C[NH+]1CCC[C@@H]1c1ccc2c(c1)OCCCO2)NNC(=O)c1ccccc1. The summed E-state index contributed by atoms with van der Waals surface area (Å²) >= 11 is 0. The van der Waals surface area contributed by atoms with Gasteiger partial charge in [-0.1, -0.05) is 18.2 Å². The Morgan fingerprint density at radius 1 is 0.966 bits per heavy atom. The van der Waals surface area contributed by atoms with Crippen molar-refractivity contribution >= 4 is 11.8 Å². The summed E-state index contributed by atoms with van der Waals surface area (Å²) in [6.07, 6.45) is 2.94. The smallest absolute Gasteiger partial charge is 0.293 e. The van der Waals surface area contributed by atoms with E-state index in [0.717, 1.165) is 42.9 Å². The van der Waals surface area contributed by atoms with Crippen LogP contribution in [0.5, 0.6) is 11.5 Å². The molecule has 0 bridgehead atoms. The van der Waals surface area contributed by atoms with Gasteiger partial charge in [0.2, 0.25) is 0 Å². The van der Waals surface area contributed by atoms with Gasteiger partial charge in [0, 0.05) is 30.4 Å². The van der Waals surface area contributed by atoms with Crippen LogP contribution in [0, 0.1) is 0 Å². The summed E-state index contributed by atoms with van der Waals surface area (Å²) in [7, 11) is 0. The highest BCUT2D eigenvalue weighted by molar-refractivity contribution is 5.95. The summed E-state index contributed by atoms with van der Waals surface area (Å²) in [6, 6.07) is 15.1. The highest BCUT2D eigenvalue weighted by Gasteiger charge is 2.32. The molecule has 1 unspecified atom stereocenters. The van der Waals surface area contributed by atoms with Crippen LogP contribution in [0.4, 0.5) is 0 Å². The van der Waals surface area contributed by atoms with Gasteiger partial charge in [-0.2, -0.15) is 0 Å². The van der Waals surface area contributed by atoms with Gasteiger partial charge in [0.1, 0.15) is 6.04 Å². The van der Waals surface area contributed by atoms with E-state index in [1.807, 2.05) is 18.2 Å². The van der Waals surface area contributed by atoms with Crippen molar-refractivity contribution < 1.29 is 24.0 Å². The van der Waals surface area contributed by atoms with Crippen molar-refractivity contribution in [1.82, 2.24) is 10.9 Å². The Morgan fingerprint density at radius 3 is 2.59 bits per heavy atom. The van der Waals surface area contributed by atoms with Gasteiger partial charge in [-0.3, -0.25) is 20.4 Å². The van der Waals surface area contributed by atoms with E-state index < -0.39 is 0 Å². The van der Waals surface area contributed by atoms with Crippen LogP contribution in [0.25, 0.3) is 0 Å². The predicted molar refractivity (Wildman–Crippen MR) is 107 cm³/mol. The number of amides is 2. The number of rotatable bonds is 4. The maximum Gasteiger partial charge on any atom is 0.293 e. The number of hydrogen-bond donors (Lipinski definition) is 3. The number of ether oxygens (including phenoxy) is 2. The Morgan fingerprint density at radius 2 is 1.76 bits per heavy atom. The summed E-state index contributed by atoms with van der Waals surface area (Å²) in [5, 5.41) is 0. The van der Waals surface area contributed by atoms with Crippen LogP contribution >= 0.6 is 0 Å². The molecule has 2 amide bonds. The van der Waals surface area contributed by atoms with Crippen molar-refractivity contribution in [3.05, 3.63) is 59.7 Å². The first kappa shape index (κ1) is 19.3. The van der Waals surface area contributed by atoms with Gasteiger partial charge < -0.3 is 14.4 Å². The molecule has 0 aliphatic carbocycles. The van der Waals surface area contributed by atoms with E-state index in [9.17, 15) is 9.59 Å². The standard InChI is InChI=1S/C22H25N3O4/c26-21(23-24-22(27)16-6-2-1-3-7-16)15-25-11-4-8-18(25)17-9-10-19-20(14-17)29-13-5-12-28-19/h1-3,6-7,9-10,14,18H,4-5,8,11-13,15H2,(H,23,26)(H,24,27)/p+1/t18-/m1/s1. The average molecular weight is 396 g/mol. The van der Waals surface area contributed by atoms with Crippen molar-refractivity contribution in [1.29, 1.82) is 0 Å². The molecule has 29 heavy (non-hydrogen) atoms. The first-order valence-electron chi connectivity index (χ1n) is 10.1. The zero-order valence-electron chi connectivity index (χ0n) is 16.3. The van der Waals surface area contributed by atoms with E-state index >= 15 is 0 Å². The van der Waals surface area contributed by atoms with Crippen LogP contribution in [0.2, 0.25) is 0 Å². The second kappa shape index (κ2) is 8.96. The Labute approximate surface area is 170 Å². The van der Waals surface area contributed by atoms with E-state index in [0.29, 0.717) is 25.3 Å². The second-order valence-corrected chi connectivity index (χ2v) is 7.40. The summed E-state index contributed by atoms with van der Waals surface area (Å²) in [6.45, 7) is 2.54. The fraction of sp³-hybridized carbons (Fsp3) is 0.364. The molecule has 4 rings (SSSR count). The lowest BCUT2D eigenvalue weighted by atomic mass is 10.0. The van der Waals surface area contributed by atoms with Crippen LogP contribution in [0.3, 0.4) is 0 Å². The molecule has 2 heterocycles. The van der Waals surface area contributed by atoms with Crippen molar-refractivity contribution in [2.75, 3.05) is 26.3 Å². The lowest BCUT2D eigenvalue weighted by molar-refractivity contribution is -0.910. The molecule has 2 aliphatic rings. The molecule has 0 spiro atoms. The fourth-order valence-corrected chi connectivity index (χ4v) is 3.96. The van der Waals surface area contributed by atoms with E-state index in [1.54, 1.807) is 24.3 Å². The molecule has 2 aliphatic heterocycles. The van der Waals surface area contributed by atoms with Gasteiger partial charge in [-0.25, -0.2) is 0 Å². The summed E-state index contributed by atoms with van der Waals surface area (Å²) in [5.74, 6) is 1.04. The number of carbonyl (C=O) groups excluding carboxylic acids is 2. The van der Waals surface area contributed by atoms with Crippen molar-refractivity contribution in [3.63, 3.8) is 0 Å². The highest BCUT2D eigenvalue weighted by Crippen LogP contribution is 2.33. The molecule has 0 aromatic heterocycles. The molecule has 7 heteroatoms. The molecular formula is C22H26N3O4+. The Hall–Kier alpha value is -3.06. The number of benzene rings is 2. The zero-order valence-corrected chi connectivity index (χ0v) is 16.3. The van der Waals surface area contributed by atoms with E-state index in [-0.39, 0.29) is 17.9 Å². The minimum Gasteiger partial charge on any atom is -0.490 e. The second-order valence-electron chi connectivity index (χ2n) is 7.40.